The lowest BCUT2D eigenvalue weighted by Crippen LogP contribution is -2.17. The third-order valence-electron chi connectivity index (χ3n) is 4.48. The van der Waals surface area contributed by atoms with Crippen molar-refractivity contribution < 1.29 is 17.6 Å². The zero-order valence-corrected chi connectivity index (χ0v) is 16.7. The third kappa shape index (κ3) is 4.47. The van der Waals surface area contributed by atoms with E-state index in [0.29, 0.717) is 16.5 Å². The molecule has 0 radical (unpaired) electrons. The molecular weight excluding hydrogens is 416 g/mol. The van der Waals surface area contributed by atoms with Gasteiger partial charge in [0, 0.05) is 16.6 Å². The number of nitrogens with one attached hydrogen (secondary N) is 1. The number of anilines is 1. The fraction of sp³-hybridized carbons (Fsp3) is 0.211. The second kappa shape index (κ2) is 7.58. The minimum absolute atomic E-state index is 0.0422. The van der Waals surface area contributed by atoms with Crippen molar-refractivity contribution in [2.45, 2.75) is 30.1 Å². The molecule has 1 saturated carbocycles. The topological polar surface area (TPSA) is 128 Å². The Kier molecular flexibility index (Phi) is 5.12. The second-order valence-electron chi connectivity index (χ2n) is 6.79. The van der Waals surface area contributed by atoms with Crippen LogP contribution in [0.25, 0.3) is 11.5 Å². The minimum Gasteiger partial charge on any atom is -0.420 e. The molecule has 3 N–H and O–H groups in total. The van der Waals surface area contributed by atoms with Crippen molar-refractivity contribution in [3.05, 3.63) is 58.9 Å². The van der Waals surface area contributed by atoms with E-state index >= 15 is 0 Å². The first-order valence-corrected chi connectivity index (χ1v) is 10.8. The Morgan fingerprint density at radius 1 is 1.21 bits per heavy atom. The van der Waals surface area contributed by atoms with Gasteiger partial charge in [0.05, 0.1) is 16.9 Å². The van der Waals surface area contributed by atoms with Gasteiger partial charge in [-0.2, -0.15) is 0 Å². The first-order chi connectivity index (χ1) is 13.8. The van der Waals surface area contributed by atoms with Crippen molar-refractivity contribution in [3.8, 4) is 11.5 Å². The number of benzene rings is 2. The zero-order valence-electron chi connectivity index (χ0n) is 15.1. The maximum Gasteiger partial charge on any atom is 0.249 e. The van der Waals surface area contributed by atoms with E-state index in [2.05, 4.69) is 15.5 Å². The number of carbonyl (C=O) groups is 1. The summed E-state index contributed by atoms with van der Waals surface area (Å²) in [5.74, 6) is 0.444. The number of halogens is 1. The lowest BCUT2D eigenvalue weighted by Gasteiger charge is -2.10. The van der Waals surface area contributed by atoms with E-state index in [1.54, 1.807) is 30.3 Å². The van der Waals surface area contributed by atoms with Gasteiger partial charge in [-0.3, -0.25) is 4.79 Å². The molecule has 1 aromatic heterocycles. The molecule has 4 rings (SSSR count). The minimum atomic E-state index is -4.10. The third-order valence-corrected chi connectivity index (χ3v) is 5.80. The molecule has 1 aliphatic carbocycles. The SMILES string of the molecule is NS(=O)(=O)c1cc(NC(=O)Cc2ccccc2Cl)ccc1-c1nnc(C2CC2)o1. The summed E-state index contributed by atoms with van der Waals surface area (Å²) < 4.78 is 29.8. The average molecular weight is 433 g/mol. The Balaban J connectivity index is 1.60. The van der Waals surface area contributed by atoms with Crippen LogP contribution in [-0.2, 0) is 21.2 Å². The van der Waals surface area contributed by atoms with Gasteiger partial charge in [-0.05, 0) is 42.7 Å². The smallest absolute Gasteiger partial charge is 0.249 e. The molecule has 0 unspecified atom stereocenters. The monoisotopic (exact) mass is 432 g/mol. The van der Waals surface area contributed by atoms with Crippen LogP contribution in [0.2, 0.25) is 5.02 Å². The van der Waals surface area contributed by atoms with Gasteiger partial charge in [0.15, 0.2) is 0 Å². The van der Waals surface area contributed by atoms with Crippen molar-refractivity contribution in [3.63, 3.8) is 0 Å². The molecule has 1 heterocycles. The van der Waals surface area contributed by atoms with Crippen LogP contribution in [0.1, 0.15) is 30.2 Å². The number of hydrogen-bond acceptors (Lipinski definition) is 6. The van der Waals surface area contributed by atoms with Crippen molar-refractivity contribution in [1.82, 2.24) is 10.2 Å². The van der Waals surface area contributed by atoms with E-state index in [1.807, 2.05) is 0 Å². The molecule has 1 fully saturated rings. The van der Waals surface area contributed by atoms with Crippen molar-refractivity contribution in [1.29, 1.82) is 0 Å². The summed E-state index contributed by atoms with van der Waals surface area (Å²) >= 11 is 6.07. The van der Waals surface area contributed by atoms with Gasteiger partial charge >= 0.3 is 0 Å². The Bertz CT molecular complexity index is 1190. The van der Waals surface area contributed by atoms with Crippen LogP contribution in [0.4, 0.5) is 5.69 Å². The standard InChI is InChI=1S/C19H17ClN4O4S/c20-15-4-2-1-3-12(15)9-17(25)22-13-7-8-14(16(10-13)29(21,26)27)19-24-23-18(28-19)11-5-6-11/h1-4,7-8,10-11H,5-6,9H2,(H,22,25)(H2,21,26,27). The van der Waals surface area contributed by atoms with Crippen molar-refractivity contribution in [2.24, 2.45) is 5.14 Å². The highest BCUT2D eigenvalue weighted by molar-refractivity contribution is 7.89. The van der Waals surface area contributed by atoms with Gasteiger partial charge in [-0.1, -0.05) is 29.8 Å². The average Bonchev–Trinajstić information content (AvgIpc) is 3.40. The Morgan fingerprint density at radius 3 is 2.66 bits per heavy atom. The second-order valence-corrected chi connectivity index (χ2v) is 8.73. The van der Waals surface area contributed by atoms with E-state index in [9.17, 15) is 13.2 Å². The summed E-state index contributed by atoms with van der Waals surface area (Å²) in [5, 5.41) is 16.4. The highest BCUT2D eigenvalue weighted by Crippen LogP contribution is 2.40. The summed E-state index contributed by atoms with van der Waals surface area (Å²) in [6, 6.07) is 11.3. The highest BCUT2D eigenvalue weighted by Gasteiger charge is 2.30. The van der Waals surface area contributed by atoms with E-state index in [-0.39, 0.29) is 40.3 Å². The Hall–Kier alpha value is -2.75. The van der Waals surface area contributed by atoms with E-state index in [1.165, 1.54) is 12.1 Å². The largest absolute Gasteiger partial charge is 0.420 e. The number of amides is 1. The first kappa shape index (κ1) is 19.6. The van der Waals surface area contributed by atoms with Gasteiger partial charge in [0.2, 0.25) is 27.7 Å². The molecule has 150 valence electrons. The molecule has 0 atom stereocenters. The van der Waals surface area contributed by atoms with Crippen molar-refractivity contribution in [2.75, 3.05) is 5.32 Å². The van der Waals surface area contributed by atoms with E-state index in [4.69, 9.17) is 21.2 Å². The summed E-state index contributed by atoms with van der Waals surface area (Å²) in [6.45, 7) is 0. The van der Waals surface area contributed by atoms with Crippen LogP contribution < -0.4 is 10.5 Å². The van der Waals surface area contributed by atoms with E-state index in [0.717, 1.165) is 12.8 Å². The fourth-order valence-corrected chi connectivity index (χ4v) is 3.83. The predicted molar refractivity (Wildman–Crippen MR) is 107 cm³/mol. The van der Waals surface area contributed by atoms with Gasteiger partial charge < -0.3 is 9.73 Å². The number of aromatic nitrogens is 2. The van der Waals surface area contributed by atoms with Gasteiger partial charge in [0.25, 0.3) is 0 Å². The highest BCUT2D eigenvalue weighted by atomic mass is 35.5. The summed E-state index contributed by atoms with van der Waals surface area (Å²) in [5.41, 5.74) is 1.13. The Morgan fingerprint density at radius 2 is 1.97 bits per heavy atom. The molecule has 10 heteroatoms. The van der Waals surface area contributed by atoms with Gasteiger partial charge in [-0.25, -0.2) is 13.6 Å². The zero-order chi connectivity index (χ0) is 20.6. The van der Waals surface area contributed by atoms with Gasteiger partial charge in [-0.15, -0.1) is 10.2 Å². The Labute approximate surface area is 172 Å². The van der Waals surface area contributed by atoms with E-state index < -0.39 is 10.0 Å². The molecule has 8 nitrogen and oxygen atoms in total. The number of sulfonamides is 1. The summed E-state index contributed by atoms with van der Waals surface area (Å²) in [7, 11) is -4.10. The number of rotatable bonds is 6. The molecule has 1 amide bonds. The van der Waals surface area contributed by atoms with Crippen molar-refractivity contribution >= 4 is 33.2 Å². The number of nitrogens with zero attached hydrogens (tertiary/aromatic N) is 2. The van der Waals surface area contributed by atoms with Crippen LogP contribution in [0.5, 0.6) is 0 Å². The van der Waals surface area contributed by atoms with Crippen LogP contribution >= 0.6 is 11.6 Å². The number of primary sulfonamides is 1. The fourth-order valence-electron chi connectivity index (χ4n) is 2.87. The molecule has 3 aromatic rings. The number of carbonyl (C=O) groups excluding carboxylic acids is 1. The molecule has 29 heavy (non-hydrogen) atoms. The normalized spacial score (nSPS) is 14.0. The lowest BCUT2D eigenvalue weighted by atomic mass is 10.1. The van der Waals surface area contributed by atoms with Crippen LogP contribution in [0.3, 0.4) is 0 Å². The predicted octanol–water partition coefficient (Wildman–Crippen LogP) is 3.10. The number of nitrogens with two attached hydrogens (primary N) is 1. The van der Waals surface area contributed by atoms with Crippen LogP contribution in [0.15, 0.2) is 51.8 Å². The molecule has 0 saturated heterocycles. The molecule has 0 aliphatic heterocycles. The molecule has 0 spiro atoms. The first-order valence-electron chi connectivity index (χ1n) is 8.85. The molecule has 2 aromatic carbocycles. The van der Waals surface area contributed by atoms with Crippen LogP contribution in [0, 0.1) is 0 Å². The summed E-state index contributed by atoms with van der Waals surface area (Å²) in [6.07, 6.45) is 1.99. The molecule has 1 aliphatic rings. The number of hydrogen-bond donors (Lipinski definition) is 2. The summed E-state index contributed by atoms with van der Waals surface area (Å²) in [4.78, 5) is 12.1. The lowest BCUT2D eigenvalue weighted by molar-refractivity contribution is -0.115. The molecule has 0 bridgehead atoms. The maximum absolute atomic E-state index is 12.3. The maximum atomic E-state index is 12.3. The quantitative estimate of drug-likeness (QED) is 0.615. The molecular formula is C19H17ClN4O4S. The van der Waals surface area contributed by atoms with Crippen LogP contribution in [-0.4, -0.2) is 24.5 Å². The van der Waals surface area contributed by atoms with Gasteiger partial charge in [0.1, 0.15) is 0 Å².